The van der Waals surface area contributed by atoms with E-state index in [0.717, 1.165) is 6.54 Å². The Morgan fingerprint density at radius 1 is 1.00 bits per heavy atom. The molecule has 0 bridgehead atoms. The second-order valence-corrected chi connectivity index (χ2v) is 5.82. The lowest BCUT2D eigenvalue weighted by Crippen LogP contribution is -2.02. The second kappa shape index (κ2) is 5.43. The molecule has 0 saturated carbocycles. The predicted molar refractivity (Wildman–Crippen MR) is 87.8 cm³/mol. The van der Waals surface area contributed by atoms with Gasteiger partial charge in [0.2, 0.25) is 0 Å². The first-order valence-electron chi connectivity index (χ1n) is 6.72. The van der Waals surface area contributed by atoms with Crippen LogP contribution in [0.1, 0.15) is 16.8 Å². The maximum absolute atomic E-state index is 5.64. The molecule has 0 aliphatic carbocycles. The first-order chi connectivity index (χ1) is 9.70. The molecular weight excluding hydrogens is 312 g/mol. The zero-order valence-corrected chi connectivity index (χ0v) is 13.0. The lowest BCUT2D eigenvalue weighted by atomic mass is 10.1. The molecule has 1 aromatic heterocycles. The second-order valence-electron chi connectivity index (χ2n) is 5.02. The summed E-state index contributed by atoms with van der Waals surface area (Å²) in [5, 5.41) is 1.27. The highest BCUT2D eigenvalue weighted by Crippen LogP contribution is 2.30. The van der Waals surface area contributed by atoms with Gasteiger partial charge in [0.05, 0.1) is 0 Å². The third-order valence-corrected chi connectivity index (χ3v) is 4.75. The summed E-state index contributed by atoms with van der Waals surface area (Å²) >= 11 is 3.70. The van der Waals surface area contributed by atoms with Crippen LogP contribution >= 0.6 is 15.9 Å². The molecule has 3 aromatic rings. The molecule has 0 saturated heterocycles. The first-order valence-corrected chi connectivity index (χ1v) is 7.51. The van der Waals surface area contributed by atoms with E-state index in [1.54, 1.807) is 0 Å². The Morgan fingerprint density at radius 2 is 1.65 bits per heavy atom. The summed E-state index contributed by atoms with van der Waals surface area (Å²) in [7, 11) is 0. The van der Waals surface area contributed by atoms with E-state index < -0.39 is 0 Å². The number of benzene rings is 2. The summed E-state index contributed by atoms with van der Waals surface area (Å²) in [5.41, 5.74) is 10.6. The van der Waals surface area contributed by atoms with Gasteiger partial charge in [-0.2, -0.15) is 0 Å². The Hall–Kier alpha value is -1.58. The Balaban J connectivity index is 2.03. The van der Waals surface area contributed by atoms with E-state index in [2.05, 4.69) is 76.0 Å². The van der Waals surface area contributed by atoms with E-state index in [-0.39, 0.29) is 0 Å². The number of hydrogen-bond donors (Lipinski definition) is 1. The van der Waals surface area contributed by atoms with Crippen molar-refractivity contribution in [3.63, 3.8) is 0 Å². The number of nitrogens with zero attached hydrogens (tertiary/aromatic N) is 1. The summed E-state index contributed by atoms with van der Waals surface area (Å²) in [6, 6.07) is 17.0. The number of fused-ring (bicyclic) bond motifs is 1. The SMILES string of the molecule is Cc1c(Br)c2ccccc2n1Cc1ccc(CN)cc1. The average Bonchev–Trinajstić information content (AvgIpc) is 2.74. The topological polar surface area (TPSA) is 30.9 Å². The Bertz CT molecular complexity index is 742. The highest BCUT2D eigenvalue weighted by molar-refractivity contribution is 9.10. The monoisotopic (exact) mass is 328 g/mol. The van der Waals surface area contributed by atoms with Gasteiger partial charge < -0.3 is 10.3 Å². The van der Waals surface area contributed by atoms with E-state index in [1.807, 2.05) is 0 Å². The predicted octanol–water partition coefficient (Wildman–Crippen LogP) is 4.22. The van der Waals surface area contributed by atoms with E-state index >= 15 is 0 Å². The fraction of sp³-hybridized carbons (Fsp3) is 0.176. The van der Waals surface area contributed by atoms with Crippen molar-refractivity contribution in [3.05, 3.63) is 69.8 Å². The molecular formula is C17H17BrN2. The van der Waals surface area contributed by atoms with Gasteiger partial charge in [-0.15, -0.1) is 0 Å². The Kier molecular flexibility index (Phi) is 3.64. The summed E-state index contributed by atoms with van der Waals surface area (Å²) in [6.07, 6.45) is 0. The van der Waals surface area contributed by atoms with Gasteiger partial charge in [0, 0.05) is 34.2 Å². The Labute approximate surface area is 127 Å². The number of hydrogen-bond acceptors (Lipinski definition) is 1. The van der Waals surface area contributed by atoms with Crippen LogP contribution in [0.2, 0.25) is 0 Å². The van der Waals surface area contributed by atoms with E-state index in [0.29, 0.717) is 6.54 Å². The van der Waals surface area contributed by atoms with Crippen LogP contribution in [0.4, 0.5) is 0 Å². The lowest BCUT2D eigenvalue weighted by Gasteiger charge is -2.09. The third kappa shape index (κ3) is 2.28. The number of para-hydroxylation sites is 1. The van der Waals surface area contributed by atoms with Gasteiger partial charge in [0.15, 0.2) is 0 Å². The van der Waals surface area contributed by atoms with E-state index in [9.17, 15) is 0 Å². The van der Waals surface area contributed by atoms with Gasteiger partial charge in [-0.05, 0) is 40.0 Å². The number of nitrogens with two attached hydrogens (primary N) is 1. The summed E-state index contributed by atoms with van der Waals surface area (Å²) in [4.78, 5) is 0. The molecule has 2 nitrogen and oxygen atoms in total. The Morgan fingerprint density at radius 3 is 2.35 bits per heavy atom. The van der Waals surface area contributed by atoms with Crippen molar-refractivity contribution >= 4 is 26.8 Å². The van der Waals surface area contributed by atoms with Crippen LogP contribution in [0.5, 0.6) is 0 Å². The molecule has 0 radical (unpaired) electrons. The average molecular weight is 329 g/mol. The van der Waals surface area contributed by atoms with Crippen LogP contribution in [-0.4, -0.2) is 4.57 Å². The molecule has 0 unspecified atom stereocenters. The maximum Gasteiger partial charge on any atom is 0.0497 e. The molecule has 2 N–H and O–H groups in total. The first kappa shape index (κ1) is 13.4. The van der Waals surface area contributed by atoms with Crippen molar-refractivity contribution in [2.24, 2.45) is 5.73 Å². The van der Waals surface area contributed by atoms with Crippen LogP contribution < -0.4 is 5.73 Å². The quantitative estimate of drug-likeness (QED) is 0.766. The van der Waals surface area contributed by atoms with Crippen LogP contribution in [0.3, 0.4) is 0 Å². The molecule has 102 valence electrons. The fourth-order valence-corrected chi connectivity index (χ4v) is 3.11. The highest BCUT2D eigenvalue weighted by Gasteiger charge is 2.11. The van der Waals surface area contributed by atoms with Crippen molar-refractivity contribution in [2.75, 3.05) is 0 Å². The summed E-state index contributed by atoms with van der Waals surface area (Å²) in [5.74, 6) is 0. The normalized spacial score (nSPS) is 11.2. The van der Waals surface area contributed by atoms with Gasteiger partial charge >= 0.3 is 0 Å². The van der Waals surface area contributed by atoms with E-state index in [4.69, 9.17) is 5.73 Å². The van der Waals surface area contributed by atoms with Gasteiger partial charge in [-0.1, -0.05) is 42.5 Å². The van der Waals surface area contributed by atoms with Crippen molar-refractivity contribution in [3.8, 4) is 0 Å². The standard InChI is InChI=1S/C17H17BrN2/c1-12-17(18)15-4-2-3-5-16(15)20(12)11-14-8-6-13(10-19)7-9-14/h2-9H,10-11,19H2,1H3. The summed E-state index contributed by atoms with van der Waals surface area (Å²) < 4.78 is 3.53. The molecule has 0 amide bonds. The van der Waals surface area contributed by atoms with Crippen molar-refractivity contribution < 1.29 is 0 Å². The smallest absolute Gasteiger partial charge is 0.0497 e. The summed E-state index contributed by atoms with van der Waals surface area (Å²) in [6.45, 7) is 3.62. The highest BCUT2D eigenvalue weighted by atomic mass is 79.9. The lowest BCUT2D eigenvalue weighted by molar-refractivity contribution is 0.801. The number of aromatic nitrogens is 1. The van der Waals surface area contributed by atoms with Crippen LogP contribution in [0, 0.1) is 6.92 Å². The number of rotatable bonds is 3. The molecule has 0 aliphatic heterocycles. The zero-order valence-electron chi connectivity index (χ0n) is 11.4. The van der Waals surface area contributed by atoms with Gasteiger partial charge in [0.1, 0.15) is 0 Å². The van der Waals surface area contributed by atoms with Crippen molar-refractivity contribution in [2.45, 2.75) is 20.0 Å². The maximum atomic E-state index is 5.64. The molecule has 0 spiro atoms. The third-order valence-electron chi connectivity index (χ3n) is 3.75. The van der Waals surface area contributed by atoms with Crippen LogP contribution in [-0.2, 0) is 13.1 Å². The molecule has 1 heterocycles. The minimum atomic E-state index is 0.595. The molecule has 2 aromatic carbocycles. The zero-order chi connectivity index (χ0) is 14.1. The van der Waals surface area contributed by atoms with Crippen molar-refractivity contribution in [1.82, 2.24) is 4.57 Å². The molecule has 0 atom stereocenters. The molecule has 20 heavy (non-hydrogen) atoms. The van der Waals surface area contributed by atoms with Gasteiger partial charge in [-0.25, -0.2) is 0 Å². The van der Waals surface area contributed by atoms with Crippen molar-refractivity contribution in [1.29, 1.82) is 0 Å². The minimum Gasteiger partial charge on any atom is -0.339 e. The molecule has 0 fully saturated rings. The molecule has 0 aliphatic rings. The van der Waals surface area contributed by atoms with Crippen LogP contribution in [0.25, 0.3) is 10.9 Å². The van der Waals surface area contributed by atoms with Gasteiger partial charge in [-0.3, -0.25) is 0 Å². The van der Waals surface area contributed by atoms with Gasteiger partial charge in [0.25, 0.3) is 0 Å². The molecule has 3 rings (SSSR count). The largest absolute Gasteiger partial charge is 0.339 e. The fourth-order valence-electron chi connectivity index (χ4n) is 2.56. The minimum absolute atomic E-state index is 0.595. The van der Waals surface area contributed by atoms with E-state index in [1.165, 1.54) is 32.2 Å². The molecule has 3 heteroatoms. The van der Waals surface area contributed by atoms with Crippen LogP contribution in [0.15, 0.2) is 53.0 Å². The number of halogens is 1.